The van der Waals surface area contributed by atoms with Gasteiger partial charge in [-0.15, -0.1) is 0 Å². The van der Waals surface area contributed by atoms with Crippen LogP contribution in [0.15, 0.2) is 67.0 Å². The van der Waals surface area contributed by atoms with Crippen LogP contribution in [0.1, 0.15) is 27.7 Å². The highest BCUT2D eigenvalue weighted by Gasteiger charge is 2.34. The van der Waals surface area contributed by atoms with E-state index in [4.69, 9.17) is 16.3 Å². The lowest BCUT2D eigenvalue weighted by Crippen LogP contribution is -2.51. The summed E-state index contributed by atoms with van der Waals surface area (Å²) in [6.45, 7) is 0.467. The van der Waals surface area contributed by atoms with Crippen LogP contribution in [-0.2, 0) is 16.1 Å². The molecule has 2 atom stereocenters. The van der Waals surface area contributed by atoms with Gasteiger partial charge in [-0.2, -0.15) is 0 Å². The molecular weight excluding hydrogens is 432 g/mol. The van der Waals surface area contributed by atoms with Gasteiger partial charge in [-0.1, -0.05) is 29.8 Å². The number of anilines is 1. The quantitative estimate of drug-likeness (QED) is 0.557. The van der Waals surface area contributed by atoms with Gasteiger partial charge in [0.05, 0.1) is 24.9 Å². The molecular formula is C23H21ClN4O4. The number of hydrogen-bond acceptors (Lipinski definition) is 6. The van der Waals surface area contributed by atoms with Crippen molar-refractivity contribution in [3.8, 4) is 0 Å². The van der Waals surface area contributed by atoms with Crippen molar-refractivity contribution in [2.24, 2.45) is 0 Å². The molecule has 1 fully saturated rings. The Morgan fingerprint density at radius 1 is 1.19 bits per heavy atom. The predicted molar refractivity (Wildman–Crippen MR) is 118 cm³/mol. The zero-order chi connectivity index (χ0) is 22.5. The Labute approximate surface area is 189 Å². The van der Waals surface area contributed by atoms with Crippen molar-refractivity contribution in [1.82, 2.24) is 14.9 Å². The number of carbonyl (C=O) groups excluding carboxylic acids is 2. The van der Waals surface area contributed by atoms with Crippen molar-refractivity contribution < 1.29 is 19.4 Å². The molecule has 1 aliphatic heterocycles. The Balaban J connectivity index is 1.46. The van der Waals surface area contributed by atoms with Crippen LogP contribution in [0, 0.1) is 0 Å². The molecule has 0 bridgehead atoms. The SMILES string of the molecule is O=C(Nc1ccc(C(O)C2COCC(=O)N2Cc2ccccn2)cc1)c1ccnc(Cl)c1. The molecule has 2 N–H and O–H groups in total. The second-order valence-electron chi connectivity index (χ2n) is 7.31. The van der Waals surface area contributed by atoms with Crippen LogP contribution in [0.25, 0.3) is 0 Å². The van der Waals surface area contributed by atoms with Crippen molar-refractivity contribution in [2.45, 2.75) is 18.7 Å². The fourth-order valence-electron chi connectivity index (χ4n) is 3.49. The van der Waals surface area contributed by atoms with Gasteiger partial charge in [0, 0.05) is 23.6 Å². The number of aromatic nitrogens is 2. The van der Waals surface area contributed by atoms with Crippen LogP contribution in [0.3, 0.4) is 0 Å². The van der Waals surface area contributed by atoms with E-state index in [0.717, 1.165) is 5.69 Å². The van der Waals surface area contributed by atoms with Crippen molar-refractivity contribution in [1.29, 1.82) is 0 Å². The van der Waals surface area contributed by atoms with Gasteiger partial charge in [0.1, 0.15) is 17.9 Å². The fraction of sp³-hybridized carbons (Fsp3) is 0.217. The first-order valence-electron chi connectivity index (χ1n) is 9.99. The lowest BCUT2D eigenvalue weighted by atomic mass is 9.99. The summed E-state index contributed by atoms with van der Waals surface area (Å²) in [5.74, 6) is -0.527. The van der Waals surface area contributed by atoms with Gasteiger partial charge in [-0.05, 0) is 42.0 Å². The maximum atomic E-state index is 12.5. The molecule has 9 heteroatoms. The number of amides is 2. The third-order valence-corrected chi connectivity index (χ3v) is 5.36. The molecule has 2 aromatic heterocycles. The molecule has 164 valence electrons. The maximum Gasteiger partial charge on any atom is 0.255 e. The van der Waals surface area contributed by atoms with Crippen LogP contribution in [-0.4, -0.2) is 51.0 Å². The number of rotatable bonds is 6. The Morgan fingerprint density at radius 2 is 2.00 bits per heavy atom. The highest BCUT2D eigenvalue weighted by atomic mass is 35.5. The van der Waals surface area contributed by atoms with Gasteiger partial charge in [-0.3, -0.25) is 14.6 Å². The molecule has 0 saturated carbocycles. The highest BCUT2D eigenvalue weighted by molar-refractivity contribution is 6.29. The summed E-state index contributed by atoms with van der Waals surface area (Å²) in [6, 6.07) is 14.8. The number of nitrogens with zero attached hydrogens (tertiary/aromatic N) is 3. The van der Waals surface area contributed by atoms with Gasteiger partial charge in [0.2, 0.25) is 5.91 Å². The molecule has 0 aliphatic carbocycles. The monoisotopic (exact) mass is 452 g/mol. The van der Waals surface area contributed by atoms with Gasteiger partial charge in [0.15, 0.2) is 0 Å². The zero-order valence-electron chi connectivity index (χ0n) is 17.0. The molecule has 3 heterocycles. The number of benzene rings is 1. The third kappa shape index (κ3) is 5.11. The zero-order valence-corrected chi connectivity index (χ0v) is 17.8. The number of aliphatic hydroxyl groups excluding tert-OH is 1. The third-order valence-electron chi connectivity index (χ3n) is 5.16. The average Bonchev–Trinajstić information content (AvgIpc) is 2.81. The maximum absolute atomic E-state index is 12.5. The van der Waals surface area contributed by atoms with Crippen LogP contribution in [0.2, 0.25) is 5.15 Å². The first-order chi connectivity index (χ1) is 15.5. The number of carbonyl (C=O) groups is 2. The number of ether oxygens (including phenoxy) is 1. The summed E-state index contributed by atoms with van der Waals surface area (Å²) in [5.41, 5.74) is 2.27. The van der Waals surface area contributed by atoms with Crippen LogP contribution in [0.5, 0.6) is 0 Å². The summed E-state index contributed by atoms with van der Waals surface area (Å²) in [5, 5.41) is 14.0. The summed E-state index contributed by atoms with van der Waals surface area (Å²) >= 11 is 5.83. The summed E-state index contributed by atoms with van der Waals surface area (Å²) in [7, 11) is 0. The van der Waals surface area contributed by atoms with E-state index in [1.54, 1.807) is 47.5 Å². The standard InChI is InChI=1S/C23H21ClN4O4/c24-20-11-16(8-10-26-20)23(31)27-17-6-4-15(5-7-17)22(30)19-13-32-14-21(29)28(19)12-18-3-1-2-9-25-18/h1-11,19,22,30H,12-14H2,(H,27,31). The molecule has 2 unspecified atom stereocenters. The van der Waals surface area contributed by atoms with Crippen LogP contribution < -0.4 is 5.32 Å². The van der Waals surface area contributed by atoms with Crippen molar-refractivity contribution in [3.05, 3.63) is 89.0 Å². The average molecular weight is 453 g/mol. The number of aliphatic hydroxyl groups is 1. The molecule has 1 saturated heterocycles. The molecule has 8 nitrogen and oxygen atoms in total. The van der Waals surface area contributed by atoms with Crippen molar-refractivity contribution in [2.75, 3.05) is 18.5 Å². The first-order valence-corrected chi connectivity index (χ1v) is 10.4. The van der Waals surface area contributed by atoms with Crippen molar-refractivity contribution >= 4 is 29.1 Å². The van der Waals surface area contributed by atoms with Gasteiger partial charge in [-0.25, -0.2) is 4.98 Å². The van der Waals surface area contributed by atoms with E-state index >= 15 is 0 Å². The molecule has 0 spiro atoms. The number of hydrogen-bond donors (Lipinski definition) is 2. The molecule has 3 aromatic rings. The molecule has 4 rings (SSSR count). The minimum absolute atomic E-state index is 0.0277. The Bertz CT molecular complexity index is 1090. The van der Waals surface area contributed by atoms with Gasteiger partial charge < -0.3 is 20.1 Å². The minimum atomic E-state index is -0.966. The highest BCUT2D eigenvalue weighted by Crippen LogP contribution is 2.26. The smallest absolute Gasteiger partial charge is 0.255 e. The molecule has 1 aromatic carbocycles. The molecule has 2 amide bonds. The van der Waals surface area contributed by atoms with Gasteiger partial charge >= 0.3 is 0 Å². The number of nitrogens with one attached hydrogen (secondary N) is 1. The van der Waals surface area contributed by atoms with E-state index in [2.05, 4.69) is 15.3 Å². The first kappa shape index (κ1) is 21.9. The summed E-state index contributed by atoms with van der Waals surface area (Å²) in [6.07, 6.45) is 2.16. The second-order valence-corrected chi connectivity index (χ2v) is 7.70. The number of halogens is 1. The topological polar surface area (TPSA) is 105 Å². The number of morpholine rings is 1. The van der Waals surface area contributed by atoms with E-state index in [0.29, 0.717) is 16.8 Å². The lowest BCUT2D eigenvalue weighted by molar-refractivity contribution is -0.155. The predicted octanol–water partition coefficient (Wildman–Crippen LogP) is 2.84. The van der Waals surface area contributed by atoms with E-state index in [9.17, 15) is 14.7 Å². The summed E-state index contributed by atoms with van der Waals surface area (Å²) in [4.78, 5) is 34.6. The minimum Gasteiger partial charge on any atom is -0.386 e. The van der Waals surface area contributed by atoms with E-state index < -0.39 is 12.1 Å². The van der Waals surface area contributed by atoms with Gasteiger partial charge in [0.25, 0.3) is 5.91 Å². The Kier molecular flexibility index (Phi) is 6.75. The Morgan fingerprint density at radius 3 is 2.72 bits per heavy atom. The molecule has 0 radical (unpaired) electrons. The largest absolute Gasteiger partial charge is 0.386 e. The lowest BCUT2D eigenvalue weighted by Gasteiger charge is -2.38. The number of pyridine rings is 2. The normalized spacial score (nSPS) is 17.1. The van der Waals surface area contributed by atoms with E-state index in [1.165, 1.54) is 12.3 Å². The fourth-order valence-corrected chi connectivity index (χ4v) is 3.66. The van der Waals surface area contributed by atoms with Crippen LogP contribution >= 0.6 is 11.6 Å². The van der Waals surface area contributed by atoms with Crippen molar-refractivity contribution in [3.63, 3.8) is 0 Å². The molecule has 1 aliphatic rings. The second kappa shape index (κ2) is 9.86. The summed E-state index contributed by atoms with van der Waals surface area (Å²) < 4.78 is 5.40. The Hall–Kier alpha value is -3.33. The van der Waals surface area contributed by atoms with E-state index in [1.807, 2.05) is 12.1 Å². The van der Waals surface area contributed by atoms with E-state index in [-0.39, 0.29) is 36.7 Å². The van der Waals surface area contributed by atoms with Crippen LogP contribution in [0.4, 0.5) is 5.69 Å². The molecule has 32 heavy (non-hydrogen) atoms.